The van der Waals surface area contributed by atoms with Gasteiger partial charge in [0.25, 0.3) is 0 Å². The van der Waals surface area contributed by atoms with E-state index in [2.05, 4.69) is 0 Å². The van der Waals surface area contributed by atoms with E-state index < -0.39 is 5.54 Å². The van der Waals surface area contributed by atoms with E-state index in [1.807, 2.05) is 6.07 Å². The van der Waals surface area contributed by atoms with Crippen molar-refractivity contribution in [3.63, 3.8) is 0 Å². The second-order valence-corrected chi connectivity index (χ2v) is 6.07. The maximum absolute atomic E-state index is 13.0. The van der Waals surface area contributed by atoms with Crippen LogP contribution in [0.4, 0.5) is 4.39 Å². The summed E-state index contributed by atoms with van der Waals surface area (Å²) in [4.78, 5) is 12.5. The van der Waals surface area contributed by atoms with Crippen LogP contribution >= 0.6 is 11.8 Å². The van der Waals surface area contributed by atoms with E-state index in [1.54, 1.807) is 31.7 Å². The van der Waals surface area contributed by atoms with Crippen LogP contribution in [-0.4, -0.2) is 23.9 Å². The normalized spacial score (nSPS) is 13.8. The Hall–Kier alpha value is -1.07. The molecule has 1 atom stereocenters. The van der Waals surface area contributed by atoms with Gasteiger partial charge in [-0.1, -0.05) is 12.5 Å². The summed E-state index contributed by atoms with van der Waals surface area (Å²) < 4.78 is 17.9. The average molecular weight is 299 g/mol. The van der Waals surface area contributed by atoms with E-state index >= 15 is 0 Å². The molecule has 0 aromatic heterocycles. The van der Waals surface area contributed by atoms with Crippen LogP contribution < -0.4 is 5.73 Å². The summed E-state index contributed by atoms with van der Waals surface area (Å²) in [6.45, 7) is 3.81. The molecule has 5 heteroatoms. The highest BCUT2D eigenvalue weighted by molar-refractivity contribution is 7.99. The van der Waals surface area contributed by atoms with Gasteiger partial charge in [0.05, 0.1) is 6.61 Å². The molecule has 112 valence electrons. The smallest absolute Gasteiger partial charge is 0.325 e. The highest BCUT2D eigenvalue weighted by atomic mass is 32.2. The van der Waals surface area contributed by atoms with E-state index in [9.17, 15) is 9.18 Å². The molecule has 0 aliphatic rings. The Labute approximate surface area is 124 Å². The predicted molar refractivity (Wildman–Crippen MR) is 80.2 cm³/mol. The van der Waals surface area contributed by atoms with Gasteiger partial charge in [-0.2, -0.15) is 0 Å². The third kappa shape index (κ3) is 5.92. The maximum atomic E-state index is 13.0. The fourth-order valence-electron chi connectivity index (χ4n) is 1.74. The Morgan fingerprint density at radius 2 is 2.20 bits per heavy atom. The lowest BCUT2D eigenvalue weighted by Gasteiger charge is -2.21. The Morgan fingerprint density at radius 3 is 2.85 bits per heavy atom. The summed E-state index contributed by atoms with van der Waals surface area (Å²) in [6.07, 6.45) is 2.36. The molecule has 0 bridgehead atoms. The number of benzene rings is 1. The van der Waals surface area contributed by atoms with Crippen LogP contribution in [0, 0.1) is 5.82 Å². The van der Waals surface area contributed by atoms with E-state index in [4.69, 9.17) is 10.5 Å². The third-order valence-corrected chi connectivity index (χ3v) is 3.98. The van der Waals surface area contributed by atoms with Crippen LogP contribution in [0.15, 0.2) is 29.2 Å². The van der Waals surface area contributed by atoms with Crippen molar-refractivity contribution in [3.8, 4) is 0 Å². The monoisotopic (exact) mass is 299 g/mol. The van der Waals surface area contributed by atoms with Gasteiger partial charge in [0.2, 0.25) is 0 Å². The molecule has 1 aromatic rings. The lowest BCUT2D eigenvalue weighted by atomic mass is 9.96. The maximum Gasteiger partial charge on any atom is 0.325 e. The summed E-state index contributed by atoms with van der Waals surface area (Å²) in [6, 6.07) is 6.55. The molecule has 0 saturated heterocycles. The van der Waals surface area contributed by atoms with Crippen LogP contribution in [-0.2, 0) is 9.53 Å². The number of thioether (sulfide) groups is 1. The topological polar surface area (TPSA) is 52.3 Å². The second kappa shape index (κ2) is 8.27. The van der Waals surface area contributed by atoms with Crippen molar-refractivity contribution in [1.29, 1.82) is 0 Å². The number of hydrogen-bond donors (Lipinski definition) is 1. The molecule has 0 heterocycles. The Morgan fingerprint density at radius 1 is 1.45 bits per heavy atom. The van der Waals surface area contributed by atoms with E-state index in [0.29, 0.717) is 13.0 Å². The molecule has 20 heavy (non-hydrogen) atoms. The first-order chi connectivity index (χ1) is 9.45. The number of hydrogen-bond acceptors (Lipinski definition) is 4. The molecule has 0 spiro atoms. The molecular weight excluding hydrogens is 277 g/mol. The zero-order chi connectivity index (χ0) is 15.0. The molecule has 3 nitrogen and oxygen atoms in total. The van der Waals surface area contributed by atoms with Gasteiger partial charge >= 0.3 is 5.97 Å². The van der Waals surface area contributed by atoms with E-state index in [0.717, 1.165) is 23.5 Å². The second-order valence-electron chi connectivity index (χ2n) is 4.90. The number of nitrogens with two attached hydrogens (primary N) is 1. The summed E-state index contributed by atoms with van der Waals surface area (Å²) in [7, 11) is 0. The van der Waals surface area contributed by atoms with Gasteiger partial charge in [-0.05, 0) is 50.6 Å². The van der Waals surface area contributed by atoms with Crippen LogP contribution in [0.1, 0.15) is 33.1 Å². The summed E-state index contributed by atoms with van der Waals surface area (Å²) >= 11 is 1.61. The Balaban J connectivity index is 2.23. The van der Waals surface area contributed by atoms with Crippen LogP contribution in [0.5, 0.6) is 0 Å². The fraction of sp³-hybridized carbons (Fsp3) is 0.533. The predicted octanol–water partition coefficient (Wildman–Crippen LogP) is 3.37. The van der Waals surface area contributed by atoms with Crippen LogP contribution in [0.25, 0.3) is 0 Å². The minimum Gasteiger partial charge on any atom is -0.465 e. The first-order valence-electron chi connectivity index (χ1n) is 6.80. The van der Waals surface area contributed by atoms with Gasteiger partial charge in [0, 0.05) is 4.90 Å². The molecule has 0 fully saturated rings. The number of unbranched alkanes of at least 4 members (excludes halogenated alkanes) is 1. The summed E-state index contributed by atoms with van der Waals surface area (Å²) in [5, 5.41) is 0. The lowest BCUT2D eigenvalue weighted by molar-refractivity contribution is -0.149. The first kappa shape index (κ1) is 17.0. The highest BCUT2D eigenvalue weighted by Gasteiger charge is 2.28. The third-order valence-electron chi connectivity index (χ3n) is 2.90. The number of carbonyl (C=O) groups excluding carboxylic acids is 1. The molecule has 1 aromatic carbocycles. The molecule has 0 radical (unpaired) electrons. The lowest BCUT2D eigenvalue weighted by Crippen LogP contribution is -2.46. The first-order valence-corrected chi connectivity index (χ1v) is 7.79. The average Bonchev–Trinajstić information content (AvgIpc) is 2.38. The molecule has 1 rings (SSSR count). The molecule has 0 aliphatic carbocycles. The van der Waals surface area contributed by atoms with Gasteiger partial charge in [-0.25, -0.2) is 4.39 Å². The highest BCUT2D eigenvalue weighted by Crippen LogP contribution is 2.21. The van der Waals surface area contributed by atoms with Crippen molar-refractivity contribution >= 4 is 17.7 Å². The van der Waals surface area contributed by atoms with E-state index in [1.165, 1.54) is 12.1 Å². The zero-order valence-corrected chi connectivity index (χ0v) is 12.8. The van der Waals surface area contributed by atoms with Crippen molar-refractivity contribution in [2.45, 2.75) is 43.5 Å². The standard InChI is InChI=1S/C15H22FNO2S/c1-3-19-14(18)15(2,17)9-4-5-10-20-13-8-6-7-12(16)11-13/h6-8,11H,3-5,9-10,17H2,1-2H3. The van der Waals surface area contributed by atoms with Crippen molar-refractivity contribution in [2.24, 2.45) is 5.73 Å². The Kier molecular flexibility index (Phi) is 7.02. The molecular formula is C15H22FNO2S. The molecule has 1 unspecified atom stereocenters. The summed E-state index contributed by atoms with van der Waals surface area (Å²) in [5.41, 5.74) is 5.01. The van der Waals surface area contributed by atoms with Crippen LogP contribution in [0.2, 0.25) is 0 Å². The number of ether oxygens (including phenoxy) is 1. The van der Waals surface area contributed by atoms with Crippen molar-refractivity contribution in [2.75, 3.05) is 12.4 Å². The van der Waals surface area contributed by atoms with Gasteiger partial charge < -0.3 is 10.5 Å². The van der Waals surface area contributed by atoms with Crippen molar-refractivity contribution in [1.82, 2.24) is 0 Å². The molecule has 0 saturated carbocycles. The number of carbonyl (C=O) groups is 1. The van der Waals surface area contributed by atoms with Gasteiger partial charge in [-0.3, -0.25) is 4.79 Å². The quantitative estimate of drug-likeness (QED) is 0.454. The van der Waals surface area contributed by atoms with Crippen LogP contribution in [0.3, 0.4) is 0 Å². The van der Waals surface area contributed by atoms with E-state index in [-0.39, 0.29) is 11.8 Å². The number of halogens is 1. The number of esters is 1. The number of rotatable bonds is 8. The SMILES string of the molecule is CCOC(=O)C(C)(N)CCCCSc1cccc(F)c1. The largest absolute Gasteiger partial charge is 0.465 e. The van der Waals surface area contributed by atoms with Crippen molar-refractivity contribution in [3.05, 3.63) is 30.1 Å². The summed E-state index contributed by atoms with van der Waals surface area (Å²) in [5.74, 6) is 0.312. The molecule has 2 N–H and O–H groups in total. The minimum atomic E-state index is -0.917. The van der Waals surface area contributed by atoms with Crippen molar-refractivity contribution < 1.29 is 13.9 Å². The Bertz CT molecular complexity index is 438. The van der Waals surface area contributed by atoms with Gasteiger partial charge in [-0.15, -0.1) is 11.8 Å². The minimum absolute atomic E-state index is 0.216. The zero-order valence-electron chi connectivity index (χ0n) is 12.0. The molecule has 0 aliphatic heterocycles. The molecule has 0 amide bonds. The van der Waals surface area contributed by atoms with Gasteiger partial charge in [0.1, 0.15) is 11.4 Å². The van der Waals surface area contributed by atoms with Gasteiger partial charge in [0.15, 0.2) is 0 Å². The fourth-order valence-corrected chi connectivity index (χ4v) is 2.69.